The van der Waals surface area contributed by atoms with E-state index in [0.717, 1.165) is 33.4 Å². The summed E-state index contributed by atoms with van der Waals surface area (Å²) in [5, 5.41) is 6.94. The fourth-order valence-corrected chi connectivity index (χ4v) is 7.15. The van der Waals surface area contributed by atoms with E-state index in [1.807, 2.05) is 19.1 Å². The van der Waals surface area contributed by atoms with E-state index in [2.05, 4.69) is 60.9 Å². The highest BCUT2D eigenvalue weighted by atomic mass is 127. The zero-order chi connectivity index (χ0) is 30.4. The monoisotopic (exact) mass is 702 g/mol. The van der Waals surface area contributed by atoms with E-state index in [-0.39, 0.29) is 34.9 Å². The molecule has 222 valence electrons. The molecule has 2 N–H and O–H groups in total. The summed E-state index contributed by atoms with van der Waals surface area (Å²) in [6.45, 7) is 10.5. The molecule has 0 radical (unpaired) electrons. The maximum atomic E-state index is 13.7. The number of carbonyl (C=O) groups excluding carboxylic acids is 3. The Bertz CT molecular complexity index is 1470. The van der Waals surface area contributed by atoms with Gasteiger partial charge in [0.2, 0.25) is 0 Å². The van der Waals surface area contributed by atoms with E-state index in [1.165, 1.54) is 0 Å². The number of Topliss-reactive ketones (excluding diaryl/α,β-unsaturated/α-hetero) is 2. The van der Waals surface area contributed by atoms with Crippen LogP contribution in [-0.4, -0.2) is 30.7 Å². The molecule has 0 atom stereocenters. The van der Waals surface area contributed by atoms with Crippen LogP contribution in [0.4, 0.5) is 5.69 Å². The lowest BCUT2D eigenvalue weighted by Gasteiger charge is -2.44. The van der Waals surface area contributed by atoms with Crippen LogP contribution in [-0.2, 0) is 14.4 Å². The number of nitrogens with one attached hydrogen (secondary N) is 2. The Morgan fingerprint density at radius 1 is 0.952 bits per heavy atom. The number of benzene rings is 2. The molecule has 0 saturated heterocycles. The first kappa shape index (κ1) is 30.6. The first-order valence-corrected chi connectivity index (χ1v) is 15.7. The van der Waals surface area contributed by atoms with Gasteiger partial charge in [0.25, 0.3) is 5.91 Å². The van der Waals surface area contributed by atoms with Crippen molar-refractivity contribution in [2.75, 3.05) is 18.5 Å². The minimum absolute atomic E-state index is 0.0649. The predicted molar refractivity (Wildman–Crippen MR) is 172 cm³/mol. The van der Waals surface area contributed by atoms with Gasteiger partial charge in [-0.25, -0.2) is 0 Å². The molecule has 7 nitrogen and oxygen atoms in total. The largest absolute Gasteiger partial charge is 0.490 e. The molecule has 0 fully saturated rings. The van der Waals surface area contributed by atoms with Gasteiger partial charge < -0.3 is 20.1 Å². The molecule has 2 aromatic carbocycles. The lowest BCUT2D eigenvalue weighted by Crippen LogP contribution is -2.42. The van der Waals surface area contributed by atoms with Crippen molar-refractivity contribution in [2.24, 2.45) is 10.8 Å². The topological polar surface area (TPSA) is 93.7 Å². The number of anilines is 1. The Kier molecular flexibility index (Phi) is 8.51. The standard InChI is InChI=1S/C33H36ClIN2O5/c1-6-41-26-12-18(11-21(35)31(26)42-17-27(40)36-20-9-7-19(34)8-10-20)28-29-22(13-32(2,3)15-24(29)38)37-23-14-33(4,5)16-25(39)30(23)28/h7-12,28,37H,6,13-17H2,1-5H3,(H,36,40). The van der Waals surface area contributed by atoms with Crippen LogP contribution < -0.4 is 20.1 Å². The fraction of sp³-hybridized carbons (Fsp3) is 0.424. The smallest absolute Gasteiger partial charge is 0.262 e. The second kappa shape index (κ2) is 11.7. The molecular weight excluding hydrogens is 667 g/mol. The second-order valence-corrected chi connectivity index (χ2v) is 14.4. The number of amides is 1. The van der Waals surface area contributed by atoms with Gasteiger partial charge >= 0.3 is 0 Å². The third-order valence-electron chi connectivity index (χ3n) is 7.86. The van der Waals surface area contributed by atoms with Crippen molar-refractivity contribution in [1.29, 1.82) is 0 Å². The predicted octanol–water partition coefficient (Wildman–Crippen LogP) is 7.33. The molecule has 3 aliphatic rings. The van der Waals surface area contributed by atoms with Crippen molar-refractivity contribution in [1.82, 2.24) is 5.32 Å². The number of carbonyl (C=O) groups is 3. The number of allylic oxidation sites excluding steroid dienone is 4. The Balaban J connectivity index is 1.52. The van der Waals surface area contributed by atoms with Gasteiger partial charge in [0, 0.05) is 52.0 Å². The molecule has 1 aliphatic heterocycles. The number of dihydropyridines is 1. The minimum atomic E-state index is -0.488. The Hall–Kier alpha value is -2.85. The fourth-order valence-electron chi connectivity index (χ4n) is 6.25. The summed E-state index contributed by atoms with van der Waals surface area (Å²) in [7, 11) is 0. The van der Waals surface area contributed by atoms with Gasteiger partial charge in [-0.2, -0.15) is 0 Å². The number of hydrogen-bond donors (Lipinski definition) is 2. The highest BCUT2D eigenvalue weighted by molar-refractivity contribution is 14.1. The molecule has 2 aromatic rings. The van der Waals surface area contributed by atoms with Gasteiger partial charge in [-0.3, -0.25) is 14.4 Å². The molecular formula is C33H36ClIN2O5. The highest BCUT2D eigenvalue weighted by Gasteiger charge is 2.46. The number of hydrogen-bond acceptors (Lipinski definition) is 6. The summed E-state index contributed by atoms with van der Waals surface area (Å²) in [4.78, 5) is 40.1. The van der Waals surface area contributed by atoms with Gasteiger partial charge in [0.15, 0.2) is 29.7 Å². The molecule has 9 heteroatoms. The Morgan fingerprint density at radius 2 is 1.52 bits per heavy atom. The second-order valence-electron chi connectivity index (χ2n) is 12.8. The molecule has 2 aliphatic carbocycles. The number of ether oxygens (including phenoxy) is 2. The maximum absolute atomic E-state index is 13.7. The number of rotatable bonds is 7. The first-order valence-electron chi connectivity index (χ1n) is 14.2. The van der Waals surface area contributed by atoms with Crippen molar-refractivity contribution >= 4 is 57.4 Å². The van der Waals surface area contributed by atoms with Crippen molar-refractivity contribution in [2.45, 2.75) is 66.2 Å². The lowest BCUT2D eigenvalue weighted by atomic mass is 9.64. The zero-order valence-corrected chi connectivity index (χ0v) is 27.5. The molecule has 5 rings (SSSR count). The number of ketones is 2. The van der Waals surface area contributed by atoms with E-state index in [1.54, 1.807) is 24.3 Å². The zero-order valence-electron chi connectivity index (χ0n) is 24.6. The van der Waals surface area contributed by atoms with E-state index >= 15 is 0 Å². The first-order chi connectivity index (χ1) is 19.8. The van der Waals surface area contributed by atoms with Gasteiger partial charge in [-0.05, 0) is 95.1 Å². The summed E-state index contributed by atoms with van der Waals surface area (Å²) < 4.78 is 12.7. The van der Waals surface area contributed by atoms with Crippen molar-refractivity contribution < 1.29 is 23.9 Å². The number of halogens is 2. The average Bonchev–Trinajstić information content (AvgIpc) is 2.87. The molecule has 0 saturated carbocycles. The summed E-state index contributed by atoms with van der Waals surface area (Å²) in [6, 6.07) is 10.6. The normalized spacial score (nSPS) is 19.6. The molecule has 0 aromatic heterocycles. The van der Waals surface area contributed by atoms with Crippen LogP contribution in [0.15, 0.2) is 58.9 Å². The molecule has 0 unspecified atom stereocenters. The van der Waals surface area contributed by atoms with Crippen molar-refractivity contribution in [3.05, 3.63) is 73.1 Å². The van der Waals surface area contributed by atoms with E-state index < -0.39 is 5.92 Å². The third kappa shape index (κ3) is 6.39. The van der Waals surface area contributed by atoms with Crippen LogP contribution in [0.25, 0.3) is 0 Å². The molecule has 0 spiro atoms. The van der Waals surface area contributed by atoms with Crippen LogP contribution in [0.2, 0.25) is 5.02 Å². The van der Waals surface area contributed by atoms with Crippen LogP contribution in [0.3, 0.4) is 0 Å². The molecule has 42 heavy (non-hydrogen) atoms. The van der Waals surface area contributed by atoms with E-state index in [4.69, 9.17) is 21.1 Å². The molecule has 1 heterocycles. The van der Waals surface area contributed by atoms with Gasteiger partial charge in [-0.1, -0.05) is 39.3 Å². The van der Waals surface area contributed by atoms with Crippen LogP contribution in [0.1, 0.15) is 71.8 Å². The summed E-state index contributed by atoms with van der Waals surface area (Å²) in [5.41, 5.74) is 4.26. The third-order valence-corrected chi connectivity index (χ3v) is 8.91. The summed E-state index contributed by atoms with van der Waals surface area (Å²) in [5.74, 6) is 0.225. The maximum Gasteiger partial charge on any atom is 0.262 e. The Labute approximate surface area is 265 Å². The molecule has 0 bridgehead atoms. The summed E-state index contributed by atoms with van der Waals surface area (Å²) in [6.07, 6.45) is 2.31. The molecule has 1 amide bonds. The van der Waals surface area contributed by atoms with Gasteiger partial charge in [0.05, 0.1) is 10.2 Å². The van der Waals surface area contributed by atoms with E-state index in [0.29, 0.717) is 52.8 Å². The van der Waals surface area contributed by atoms with Crippen LogP contribution >= 0.6 is 34.2 Å². The van der Waals surface area contributed by atoms with E-state index in [9.17, 15) is 14.4 Å². The van der Waals surface area contributed by atoms with Gasteiger partial charge in [-0.15, -0.1) is 0 Å². The minimum Gasteiger partial charge on any atom is -0.490 e. The van der Waals surface area contributed by atoms with Crippen LogP contribution in [0, 0.1) is 14.4 Å². The van der Waals surface area contributed by atoms with Crippen molar-refractivity contribution in [3.63, 3.8) is 0 Å². The van der Waals surface area contributed by atoms with Gasteiger partial charge in [0.1, 0.15) is 0 Å². The highest BCUT2D eigenvalue weighted by Crippen LogP contribution is 2.52. The Morgan fingerprint density at radius 3 is 2.07 bits per heavy atom. The average molecular weight is 703 g/mol. The lowest BCUT2D eigenvalue weighted by molar-refractivity contribution is -0.119. The van der Waals surface area contributed by atoms with Crippen molar-refractivity contribution in [3.8, 4) is 11.5 Å². The van der Waals surface area contributed by atoms with Crippen LogP contribution in [0.5, 0.6) is 11.5 Å². The summed E-state index contributed by atoms with van der Waals surface area (Å²) >= 11 is 8.11. The SMILES string of the molecule is CCOc1cc(C2C3=C(CC(C)(C)CC3=O)NC3=C2C(=O)CC(C)(C)C3)cc(I)c1OCC(=O)Nc1ccc(Cl)cc1. The quantitative estimate of drug-likeness (QED) is 0.294.